The zero-order chi connectivity index (χ0) is 6.69. The van der Waals surface area contributed by atoms with Gasteiger partial charge in [-0.3, -0.25) is 0 Å². The molecule has 0 saturated carbocycles. The lowest BCUT2D eigenvalue weighted by molar-refractivity contribution is 0.470. The monoisotopic (exact) mass is 143 g/mol. The topological polar surface area (TPSA) is 53.1 Å². The zero-order valence-corrected chi connectivity index (χ0v) is 5.31. The second-order valence-electron chi connectivity index (χ2n) is 1.47. The van der Waals surface area contributed by atoms with Crippen molar-refractivity contribution < 1.29 is 9.32 Å². The van der Waals surface area contributed by atoms with Crippen LogP contribution >= 0.6 is 0 Å². The van der Waals surface area contributed by atoms with Crippen molar-refractivity contribution in [1.29, 1.82) is 0 Å². The average molecular weight is 143 g/mol. The molecular weight excluding hydrogens is 138 g/mol. The SMILES string of the molecule is O=S=c1[nH]cccc1O. The predicted molar refractivity (Wildman–Crippen MR) is 33.8 cm³/mol. The summed E-state index contributed by atoms with van der Waals surface area (Å²) in [5, 5.41) is 8.86. The van der Waals surface area contributed by atoms with Crippen LogP contribution in [-0.2, 0) is 11.3 Å². The number of aromatic amines is 1. The molecule has 0 amide bonds. The summed E-state index contributed by atoms with van der Waals surface area (Å²) in [6.45, 7) is 0. The molecule has 0 bridgehead atoms. The largest absolute Gasteiger partial charge is 0.505 e. The van der Waals surface area contributed by atoms with Gasteiger partial charge in [-0.2, -0.15) is 0 Å². The first-order chi connectivity index (χ1) is 4.34. The van der Waals surface area contributed by atoms with E-state index in [0.717, 1.165) is 0 Å². The Bertz CT molecular complexity index is 287. The van der Waals surface area contributed by atoms with E-state index in [-0.39, 0.29) is 21.6 Å². The molecule has 0 radical (unpaired) electrons. The zero-order valence-electron chi connectivity index (χ0n) is 4.50. The van der Waals surface area contributed by atoms with Crippen LogP contribution in [0.2, 0.25) is 0 Å². The molecule has 9 heavy (non-hydrogen) atoms. The molecule has 0 aliphatic heterocycles. The molecule has 48 valence electrons. The van der Waals surface area contributed by atoms with Gasteiger partial charge in [0.2, 0.25) is 0 Å². The predicted octanol–water partition coefficient (Wildman–Crippen LogP) is 0.465. The van der Waals surface area contributed by atoms with Crippen molar-refractivity contribution in [1.82, 2.24) is 4.98 Å². The van der Waals surface area contributed by atoms with Gasteiger partial charge in [0.1, 0.15) is 11.3 Å². The number of aromatic nitrogens is 1. The Labute approximate surface area is 55.1 Å². The minimum atomic E-state index is -0.00231. The van der Waals surface area contributed by atoms with Gasteiger partial charge in [0.25, 0.3) is 0 Å². The maximum absolute atomic E-state index is 10.1. The summed E-state index contributed by atoms with van der Waals surface area (Å²) < 4.78 is 10.3. The van der Waals surface area contributed by atoms with E-state index in [1.807, 2.05) is 0 Å². The molecule has 0 unspecified atom stereocenters. The van der Waals surface area contributed by atoms with Gasteiger partial charge in [-0.1, -0.05) is 0 Å². The number of nitrogens with one attached hydrogen (secondary N) is 1. The van der Waals surface area contributed by atoms with E-state index >= 15 is 0 Å². The van der Waals surface area contributed by atoms with E-state index in [1.54, 1.807) is 12.3 Å². The minimum Gasteiger partial charge on any atom is -0.505 e. The maximum Gasteiger partial charge on any atom is 0.175 e. The second kappa shape index (κ2) is 2.50. The summed E-state index contributed by atoms with van der Waals surface area (Å²) in [6.07, 6.45) is 1.58. The van der Waals surface area contributed by atoms with Crippen LogP contribution in [0.25, 0.3) is 0 Å². The fourth-order valence-corrected chi connectivity index (χ4v) is 0.749. The van der Waals surface area contributed by atoms with Gasteiger partial charge < -0.3 is 10.1 Å². The van der Waals surface area contributed by atoms with E-state index in [2.05, 4.69) is 4.98 Å². The molecule has 0 aromatic carbocycles. The number of rotatable bonds is 0. The normalized spacial score (nSPS) is 8.89. The number of aromatic hydroxyl groups is 1. The summed E-state index contributed by atoms with van der Waals surface area (Å²) in [5.41, 5.74) is 0. The Morgan fingerprint density at radius 1 is 1.67 bits per heavy atom. The van der Waals surface area contributed by atoms with Gasteiger partial charge in [0.05, 0.1) is 0 Å². The van der Waals surface area contributed by atoms with Crippen molar-refractivity contribution in [3.05, 3.63) is 23.0 Å². The molecule has 0 fully saturated rings. The van der Waals surface area contributed by atoms with Crippen molar-refractivity contribution in [3.63, 3.8) is 0 Å². The fraction of sp³-hybridized carbons (Fsp3) is 0. The van der Waals surface area contributed by atoms with Gasteiger partial charge in [-0.15, -0.1) is 0 Å². The Kier molecular flexibility index (Phi) is 1.69. The van der Waals surface area contributed by atoms with E-state index < -0.39 is 0 Å². The van der Waals surface area contributed by atoms with E-state index in [1.165, 1.54) is 6.07 Å². The van der Waals surface area contributed by atoms with Gasteiger partial charge in [-0.25, -0.2) is 4.21 Å². The Morgan fingerprint density at radius 3 is 2.89 bits per heavy atom. The van der Waals surface area contributed by atoms with Crippen LogP contribution < -0.4 is 0 Å². The molecule has 4 heteroatoms. The van der Waals surface area contributed by atoms with Crippen LogP contribution in [0, 0.1) is 4.64 Å². The van der Waals surface area contributed by atoms with Gasteiger partial charge in [0, 0.05) is 6.20 Å². The van der Waals surface area contributed by atoms with E-state index in [4.69, 9.17) is 5.11 Å². The lowest BCUT2D eigenvalue weighted by Gasteiger charge is -1.85. The third-order valence-electron chi connectivity index (χ3n) is 0.881. The Balaban J connectivity index is 3.52. The summed E-state index contributed by atoms with van der Waals surface area (Å²) in [7, 11) is 0. The van der Waals surface area contributed by atoms with Gasteiger partial charge in [0.15, 0.2) is 10.4 Å². The molecule has 0 atom stereocenters. The van der Waals surface area contributed by atoms with E-state index in [9.17, 15) is 4.21 Å². The quantitative estimate of drug-likeness (QED) is 0.518. The van der Waals surface area contributed by atoms with Crippen LogP contribution in [0.5, 0.6) is 5.75 Å². The molecular formula is C5H5NO2S. The van der Waals surface area contributed by atoms with Gasteiger partial charge >= 0.3 is 0 Å². The number of H-pyrrole nitrogens is 1. The van der Waals surface area contributed by atoms with Crippen molar-refractivity contribution in [2.45, 2.75) is 0 Å². The molecule has 3 nitrogen and oxygen atoms in total. The third-order valence-corrected chi connectivity index (χ3v) is 1.37. The first-order valence-electron chi connectivity index (χ1n) is 2.34. The summed E-state index contributed by atoms with van der Waals surface area (Å²) in [4.78, 5) is 2.59. The standard InChI is InChI=1S/C5H5NO2S/c7-4-2-1-3-6-5(4)9-8/h1-3,6-7H. The van der Waals surface area contributed by atoms with Gasteiger partial charge in [-0.05, 0) is 12.1 Å². The molecule has 0 spiro atoms. The molecule has 2 N–H and O–H groups in total. The molecule has 1 aromatic heterocycles. The summed E-state index contributed by atoms with van der Waals surface area (Å²) in [6, 6.07) is 3.08. The lowest BCUT2D eigenvalue weighted by Crippen LogP contribution is -1.73. The van der Waals surface area contributed by atoms with Crippen molar-refractivity contribution in [2.75, 3.05) is 0 Å². The maximum atomic E-state index is 10.1. The van der Waals surface area contributed by atoms with Crippen LogP contribution in [0.3, 0.4) is 0 Å². The summed E-state index contributed by atoms with van der Waals surface area (Å²) in [5.74, 6) is -0.00231. The van der Waals surface area contributed by atoms with Crippen LogP contribution in [0.15, 0.2) is 18.3 Å². The van der Waals surface area contributed by atoms with Crippen molar-refractivity contribution in [3.8, 4) is 5.75 Å². The molecule has 1 aromatic rings. The van der Waals surface area contributed by atoms with Crippen LogP contribution in [-0.4, -0.2) is 14.3 Å². The third kappa shape index (κ3) is 1.20. The van der Waals surface area contributed by atoms with E-state index in [0.29, 0.717) is 0 Å². The lowest BCUT2D eigenvalue weighted by atomic mass is 10.5. The summed E-state index contributed by atoms with van der Waals surface area (Å²) >= 11 is 0.240. The number of pyridine rings is 1. The minimum absolute atomic E-state index is 0.00231. The fourth-order valence-electron chi connectivity index (χ4n) is 0.479. The first-order valence-corrected chi connectivity index (χ1v) is 3.08. The number of hydrogen-bond acceptors (Lipinski definition) is 2. The highest BCUT2D eigenvalue weighted by atomic mass is 32.1. The van der Waals surface area contributed by atoms with Crippen molar-refractivity contribution in [2.24, 2.45) is 0 Å². The molecule has 0 saturated heterocycles. The molecule has 0 aliphatic rings. The highest BCUT2D eigenvalue weighted by Gasteiger charge is 1.85. The molecule has 0 aliphatic carbocycles. The first kappa shape index (κ1) is 6.10. The second-order valence-corrected chi connectivity index (χ2v) is 2.04. The Morgan fingerprint density at radius 2 is 2.44 bits per heavy atom. The molecule has 1 heterocycles. The highest BCUT2D eigenvalue weighted by Crippen LogP contribution is 2.03. The van der Waals surface area contributed by atoms with Crippen molar-refractivity contribution >= 4 is 11.3 Å². The average Bonchev–Trinajstić information content (AvgIpc) is 1.89. The highest BCUT2D eigenvalue weighted by molar-refractivity contribution is 7.56. The number of hydrogen-bond donors (Lipinski definition) is 2. The smallest absolute Gasteiger partial charge is 0.175 e. The molecule has 1 rings (SSSR count). The van der Waals surface area contributed by atoms with Crippen LogP contribution in [0.1, 0.15) is 0 Å². The Hall–Kier alpha value is -1.03. The van der Waals surface area contributed by atoms with Crippen LogP contribution in [0.4, 0.5) is 0 Å².